The zero-order valence-corrected chi connectivity index (χ0v) is 12.0. The van der Waals surface area contributed by atoms with Crippen LogP contribution in [-0.4, -0.2) is 31.1 Å². The van der Waals surface area contributed by atoms with Crippen LogP contribution in [0.3, 0.4) is 0 Å². The molecular formula is C14H12ClN5O. The van der Waals surface area contributed by atoms with Crippen LogP contribution in [0.4, 0.5) is 0 Å². The van der Waals surface area contributed by atoms with Crippen LogP contribution in [-0.2, 0) is 0 Å². The monoisotopic (exact) mass is 301 g/mol. The first-order chi connectivity index (χ1) is 10.3. The minimum Gasteiger partial charge on any atom is -0.494 e. The fraction of sp³-hybridized carbons (Fsp3) is 0.143. The van der Waals surface area contributed by atoms with Crippen molar-refractivity contribution in [2.24, 2.45) is 0 Å². The third-order valence-electron chi connectivity index (χ3n) is 2.76. The first-order valence-corrected chi connectivity index (χ1v) is 6.77. The number of rotatable bonds is 4. The smallest absolute Gasteiger partial charge is 0.239 e. The Morgan fingerprint density at radius 3 is 2.62 bits per heavy atom. The number of halogens is 1. The van der Waals surface area contributed by atoms with E-state index in [1.54, 1.807) is 23.3 Å². The first kappa shape index (κ1) is 13.5. The second-order valence-corrected chi connectivity index (χ2v) is 4.49. The van der Waals surface area contributed by atoms with Crippen molar-refractivity contribution in [3.63, 3.8) is 0 Å². The maximum atomic E-state index is 5.98. The Bertz CT molecular complexity index is 728. The van der Waals surface area contributed by atoms with E-state index in [0.717, 1.165) is 11.3 Å². The highest BCUT2D eigenvalue weighted by molar-refractivity contribution is 6.28. The Morgan fingerprint density at radius 2 is 1.95 bits per heavy atom. The lowest BCUT2D eigenvalue weighted by molar-refractivity contribution is 0.340. The molecule has 0 N–H and O–H groups in total. The Morgan fingerprint density at radius 1 is 1.14 bits per heavy atom. The molecule has 0 amide bonds. The topological polar surface area (TPSA) is 65.7 Å². The quantitative estimate of drug-likeness (QED) is 0.741. The normalized spacial score (nSPS) is 10.6. The van der Waals surface area contributed by atoms with E-state index in [0.29, 0.717) is 18.4 Å². The number of ether oxygens (including phenoxy) is 1. The van der Waals surface area contributed by atoms with Gasteiger partial charge in [0.15, 0.2) is 5.82 Å². The zero-order chi connectivity index (χ0) is 14.7. The molecule has 106 valence electrons. The van der Waals surface area contributed by atoms with Crippen molar-refractivity contribution in [3.05, 3.63) is 48.3 Å². The second kappa shape index (κ2) is 5.88. The summed E-state index contributed by atoms with van der Waals surface area (Å²) < 4.78 is 7.08. The minimum atomic E-state index is 0.137. The molecule has 2 aromatic heterocycles. The fourth-order valence-corrected chi connectivity index (χ4v) is 1.98. The third-order valence-corrected chi connectivity index (χ3v) is 2.92. The summed E-state index contributed by atoms with van der Waals surface area (Å²) in [4.78, 5) is 16.6. The maximum Gasteiger partial charge on any atom is 0.239 e. The molecule has 0 aliphatic rings. The third kappa shape index (κ3) is 3.00. The predicted molar refractivity (Wildman–Crippen MR) is 78.6 cm³/mol. The van der Waals surface area contributed by atoms with E-state index in [1.165, 1.54) is 0 Å². The van der Waals surface area contributed by atoms with Gasteiger partial charge >= 0.3 is 0 Å². The second-order valence-electron chi connectivity index (χ2n) is 4.16. The van der Waals surface area contributed by atoms with Crippen molar-refractivity contribution in [1.29, 1.82) is 0 Å². The molecule has 0 bridgehead atoms. The van der Waals surface area contributed by atoms with Crippen LogP contribution in [0.2, 0.25) is 5.28 Å². The lowest BCUT2D eigenvalue weighted by Crippen LogP contribution is -2.03. The molecule has 3 rings (SSSR count). The SMILES string of the molecule is CCOc1ccc(-c2nc(Cl)nc(-n3ccnc3)n2)cc1. The number of nitrogens with zero attached hydrogens (tertiary/aromatic N) is 5. The fourth-order valence-electron chi connectivity index (χ4n) is 1.83. The lowest BCUT2D eigenvalue weighted by Gasteiger charge is -2.06. The van der Waals surface area contributed by atoms with Gasteiger partial charge in [0.25, 0.3) is 0 Å². The van der Waals surface area contributed by atoms with Crippen molar-refractivity contribution in [2.75, 3.05) is 6.61 Å². The Balaban J connectivity index is 1.98. The summed E-state index contributed by atoms with van der Waals surface area (Å²) in [5.74, 6) is 1.73. The van der Waals surface area contributed by atoms with Crippen LogP contribution in [0.15, 0.2) is 43.0 Å². The summed E-state index contributed by atoms with van der Waals surface area (Å²) in [6.45, 7) is 2.57. The van der Waals surface area contributed by atoms with Gasteiger partial charge < -0.3 is 4.74 Å². The molecule has 2 heterocycles. The van der Waals surface area contributed by atoms with Crippen LogP contribution < -0.4 is 4.74 Å². The highest BCUT2D eigenvalue weighted by atomic mass is 35.5. The number of hydrogen-bond donors (Lipinski definition) is 0. The molecule has 3 aromatic rings. The molecule has 0 saturated carbocycles. The number of benzene rings is 1. The predicted octanol–water partition coefficient (Wildman–Crippen LogP) is 2.78. The van der Waals surface area contributed by atoms with E-state index < -0.39 is 0 Å². The van der Waals surface area contributed by atoms with E-state index in [9.17, 15) is 0 Å². The molecule has 0 atom stereocenters. The highest BCUT2D eigenvalue weighted by Crippen LogP contribution is 2.21. The molecule has 0 saturated heterocycles. The molecule has 7 heteroatoms. The minimum absolute atomic E-state index is 0.137. The molecule has 0 unspecified atom stereocenters. The van der Waals surface area contributed by atoms with E-state index >= 15 is 0 Å². The van der Waals surface area contributed by atoms with E-state index in [2.05, 4.69) is 19.9 Å². The molecule has 1 aromatic carbocycles. The van der Waals surface area contributed by atoms with Gasteiger partial charge in [0.1, 0.15) is 12.1 Å². The Kier molecular flexibility index (Phi) is 3.79. The van der Waals surface area contributed by atoms with Crippen molar-refractivity contribution in [1.82, 2.24) is 24.5 Å². The van der Waals surface area contributed by atoms with Crippen LogP contribution in [0.25, 0.3) is 17.3 Å². The lowest BCUT2D eigenvalue weighted by atomic mass is 10.2. The maximum absolute atomic E-state index is 5.98. The van der Waals surface area contributed by atoms with Crippen molar-refractivity contribution in [2.45, 2.75) is 6.92 Å². The first-order valence-electron chi connectivity index (χ1n) is 6.39. The van der Waals surface area contributed by atoms with E-state index in [-0.39, 0.29) is 5.28 Å². The van der Waals surface area contributed by atoms with Gasteiger partial charge in [0.2, 0.25) is 11.2 Å². The van der Waals surface area contributed by atoms with Gasteiger partial charge in [-0.15, -0.1) is 0 Å². The van der Waals surface area contributed by atoms with Crippen LogP contribution in [0.5, 0.6) is 5.75 Å². The molecule has 0 aliphatic heterocycles. The molecule has 21 heavy (non-hydrogen) atoms. The average molecular weight is 302 g/mol. The van der Waals surface area contributed by atoms with Crippen molar-refractivity contribution >= 4 is 11.6 Å². The van der Waals surface area contributed by atoms with Crippen molar-refractivity contribution < 1.29 is 4.74 Å². The summed E-state index contributed by atoms with van der Waals surface area (Å²) in [7, 11) is 0. The van der Waals surface area contributed by atoms with Gasteiger partial charge in [-0.2, -0.15) is 15.0 Å². The molecule has 0 spiro atoms. The largest absolute Gasteiger partial charge is 0.494 e. The summed E-state index contributed by atoms with van der Waals surface area (Å²) in [6, 6.07) is 7.50. The number of hydrogen-bond acceptors (Lipinski definition) is 5. The summed E-state index contributed by atoms with van der Waals surface area (Å²) in [6.07, 6.45) is 5.00. The number of imidazole rings is 1. The van der Waals surface area contributed by atoms with Crippen LogP contribution in [0, 0.1) is 0 Å². The number of aromatic nitrogens is 5. The van der Waals surface area contributed by atoms with Gasteiger partial charge in [-0.1, -0.05) is 0 Å². The standard InChI is InChI=1S/C14H12ClN5O/c1-2-21-11-5-3-10(4-6-11)12-17-13(15)19-14(18-12)20-8-7-16-9-20/h3-9H,2H2,1H3. The van der Waals surface area contributed by atoms with Gasteiger partial charge in [-0.05, 0) is 42.8 Å². The van der Waals surface area contributed by atoms with Crippen LogP contribution in [0.1, 0.15) is 6.92 Å². The van der Waals surface area contributed by atoms with Crippen LogP contribution >= 0.6 is 11.6 Å². The summed E-state index contributed by atoms with van der Waals surface area (Å²) in [5, 5.41) is 0.137. The summed E-state index contributed by atoms with van der Waals surface area (Å²) >= 11 is 5.98. The van der Waals surface area contributed by atoms with Gasteiger partial charge in [-0.3, -0.25) is 4.57 Å². The molecule has 6 nitrogen and oxygen atoms in total. The molecule has 0 radical (unpaired) electrons. The Labute approximate surface area is 126 Å². The molecule has 0 aliphatic carbocycles. The molecule has 0 fully saturated rings. The van der Waals surface area contributed by atoms with E-state index in [4.69, 9.17) is 16.3 Å². The average Bonchev–Trinajstić information content (AvgIpc) is 3.02. The van der Waals surface area contributed by atoms with E-state index in [1.807, 2.05) is 31.2 Å². The van der Waals surface area contributed by atoms with Gasteiger partial charge in [0.05, 0.1) is 6.61 Å². The van der Waals surface area contributed by atoms with Crippen molar-refractivity contribution in [3.8, 4) is 23.1 Å². The van der Waals surface area contributed by atoms with Gasteiger partial charge in [-0.25, -0.2) is 4.98 Å². The Hall–Kier alpha value is -2.47. The molecular weight excluding hydrogens is 290 g/mol. The summed E-state index contributed by atoms with van der Waals surface area (Å²) in [5.41, 5.74) is 0.837. The zero-order valence-electron chi connectivity index (χ0n) is 11.3. The highest BCUT2D eigenvalue weighted by Gasteiger charge is 2.09. The van der Waals surface area contributed by atoms with Gasteiger partial charge in [0, 0.05) is 18.0 Å².